The van der Waals surface area contributed by atoms with E-state index >= 15 is 0 Å². The Morgan fingerprint density at radius 2 is 1.75 bits per heavy atom. The number of carbonyl (C=O) groups excluding carboxylic acids is 2. The Hall–Kier alpha value is -3.36. The van der Waals surface area contributed by atoms with E-state index in [4.69, 9.17) is 0 Å². The van der Waals surface area contributed by atoms with Gasteiger partial charge in [-0.1, -0.05) is 30.3 Å². The van der Waals surface area contributed by atoms with Crippen LogP contribution in [0.5, 0.6) is 0 Å². The summed E-state index contributed by atoms with van der Waals surface area (Å²) in [4.78, 5) is 26.9. The number of aliphatic hydroxyl groups excluding tert-OH is 1. The fourth-order valence-electron chi connectivity index (χ4n) is 3.85. The molecular formula is C23H20F4N2O3. The minimum absolute atomic E-state index is 0.0552. The number of benzene rings is 2. The molecule has 2 N–H and O–H groups in total. The van der Waals surface area contributed by atoms with Crippen molar-refractivity contribution in [2.75, 3.05) is 6.54 Å². The van der Waals surface area contributed by atoms with Crippen molar-refractivity contribution < 1.29 is 32.3 Å². The first-order chi connectivity index (χ1) is 15.2. The number of nitrogens with one attached hydrogen (secondary N) is 1. The lowest BCUT2D eigenvalue weighted by Crippen LogP contribution is -2.35. The first kappa shape index (κ1) is 21.9. The number of alkyl halides is 3. The number of amides is 2. The van der Waals surface area contributed by atoms with Crippen LogP contribution in [0.15, 0.2) is 59.9 Å². The summed E-state index contributed by atoms with van der Waals surface area (Å²) in [5.41, 5.74) is -1.12. The highest BCUT2D eigenvalue weighted by Crippen LogP contribution is 2.45. The minimum Gasteiger partial charge on any atom is -0.503 e. The van der Waals surface area contributed by atoms with E-state index in [1.165, 1.54) is 42.5 Å². The monoisotopic (exact) mass is 448 g/mol. The fourth-order valence-corrected chi connectivity index (χ4v) is 3.85. The van der Waals surface area contributed by atoms with Crippen LogP contribution in [0, 0.1) is 11.7 Å². The predicted octanol–water partition coefficient (Wildman–Crippen LogP) is 4.27. The van der Waals surface area contributed by atoms with E-state index in [9.17, 15) is 32.3 Å². The third kappa shape index (κ3) is 4.32. The van der Waals surface area contributed by atoms with E-state index in [1.54, 1.807) is 0 Å². The van der Waals surface area contributed by atoms with Crippen molar-refractivity contribution in [3.63, 3.8) is 0 Å². The molecule has 2 aromatic carbocycles. The molecule has 1 aliphatic carbocycles. The summed E-state index contributed by atoms with van der Waals surface area (Å²) >= 11 is 0. The van der Waals surface area contributed by atoms with E-state index in [1.807, 2.05) is 0 Å². The van der Waals surface area contributed by atoms with Gasteiger partial charge in [0.25, 0.3) is 11.8 Å². The van der Waals surface area contributed by atoms with Crippen LogP contribution in [-0.4, -0.2) is 28.4 Å². The number of aliphatic hydroxyl groups is 1. The van der Waals surface area contributed by atoms with Gasteiger partial charge in [-0.05, 0) is 48.1 Å². The third-order valence-corrected chi connectivity index (χ3v) is 5.63. The van der Waals surface area contributed by atoms with E-state index in [0.29, 0.717) is 5.56 Å². The highest BCUT2D eigenvalue weighted by molar-refractivity contribution is 6.08. The van der Waals surface area contributed by atoms with Gasteiger partial charge in [-0.15, -0.1) is 0 Å². The van der Waals surface area contributed by atoms with Gasteiger partial charge in [-0.2, -0.15) is 13.2 Å². The van der Waals surface area contributed by atoms with Gasteiger partial charge < -0.3 is 15.3 Å². The largest absolute Gasteiger partial charge is 0.503 e. The molecule has 32 heavy (non-hydrogen) atoms. The molecule has 1 aliphatic heterocycles. The quantitative estimate of drug-likeness (QED) is 0.649. The van der Waals surface area contributed by atoms with Crippen LogP contribution in [0.4, 0.5) is 17.6 Å². The summed E-state index contributed by atoms with van der Waals surface area (Å²) in [5.74, 6) is -2.93. The molecule has 5 nitrogen and oxygen atoms in total. The highest BCUT2D eigenvalue weighted by atomic mass is 19.4. The van der Waals surface area contributed by atoms with E-state index in [-0.39, 0.29) is 24.6 Å². The van der Waals surface area contributed by atoms with Gasteiger partial charge in [-0.3, -0.25) is 9.59 Å². The molecule has 1 fully saturated rings. The van der Waals surface area contributed by atoms with Crippen LogP contribution in [0.25, 0.3) is 0 Å². The number of halogens is 4. The lowest BCUT2D eigenvalue weighted by molar-refractivity contribution is -0.140. The lowest BCUT2D eigenvalue weighted by Gasteiger charge is -2.29. The molecule has 0 radical (unpaired) electrons. The van der Waals surface area contributed by atoms with Gasteiger partial charge >= 0.3 is 6.18 Å². The van der Waals surface area contributed by atoms with Crippen molar-refractivity contribution in [2.24, 2.45) is 5.92 Å². The molecule has 0 aromatic heterocycles. The summed E-state index contributed by atoms with van der Waals surface area (Å²) in [6, 6.07) is 8.66. The molecule has 1 atom stereocenters. The molecule has 1 saturated carbocycles. The molecular weight excluding hydrogens is 428 g/mol. The molecule has 1 heterocycles. The highest BCUT2D eigenvalue weighted by Gasteiger charge is 2.48. The zero-order valence-electron chi connectivity index (χ0n) is 16.8. The van der Waals surface area contributed by atoms with Crippen molar-refractivity contribution >= 4 is 11.8 Å². The molecule has 2 aliphatic rings. The summed E-state index contributed by atoms with van der Waals surface area (Å²) in [5, 5.41) is 13.0. The molecule has 0 bridgehead atoms. The fraction of sp³-hybridized carbons (Fsp3) is 0.304. The standard InChI is InChI=1S/C23H20F4N2O3/c24-15-9-7-13(8-10-15)11-28-21(31)18-19(16-3-1-2-4-17(16)23(25,26)27)29(12-14-5-6-14)22(32)20(18)30/h1-4,7-10,14,19,30H,5-6,11-12H2,(H,28,31). The van der Waals surface area contributed by atoms with Gasteiger partial charge in [0.15, 0.2) is 5.76 Å². The van der Waals surface area contributed by atoms with E-state index < -0.39 is 46.7 Å². The average molecular weight is 448 g/mol. The normalized spacial score (nSPS) is 18.9. The van der Waals surface area contributed by atoms with E-state index in [2.05, 4.69) is 5.32 Å². The second-order valence-corrected chi connectivity index (χ2v) is 7.96. The van der Waals surface area contributed by atoms with Crippen LogP contribution in [0.2, 0.25) is 0 Å². The number of carbonyl (C=O) groups is 2. The first-order valence-electron chi connectivity index (χ1n) is 10.1. The Labute approximate surface area is 181 Å². The average Bonchev–Trinajstić information content (AvgIpc) is 3.54. The Balaban J connectivity index is 1.69. The van der Waals surface area contributed by atoms with Gasteiger partial charge in [0, 0.05) is 13.1 Å². The van der Waals surface area contributed by atoms with Crippen LogP contribution in [-0.2, 0) is 22.3 Å². The second kappa shape index (κ2) is 8.29. The molecule has 0 saturated heterocycles. The van der Waals surface area contributed by atoms with Crippen molar-refractivity contribution in [2.45, 2.75) is 31.6 Å². The maximum absolute atomic E-state index is 13.7. The van der Waals surface area contributed by atoms with Gasteiger partial charge in [-0.25, -0.2) is 4.39 Å². The Morgan fingerprint density at radius 3 is 2.38 bits per heavy atom. The Morgan fingerprint density at radius 1 is 1.09 bits per heavy atom. The van der Waals surface area contributed by atoms with Crippen molar-refractivity contribution in [1.29, 1.82) is 0 Å². The Kier molecular flexibility index (Phi) is 5.66. The SMILES string of the molecule is O=C(NCc1ccc(F)cc1)C1=C(O)C(=O)N(CC2CC2)C1c1ccccc1C(F)(F)F. The minimum atomic E-state index is -4.71. The molecule has 1 unspecified atom stereocenters. The lowest BCUT2D eigenvalue weighted by atomic mass is 9.93. The first-order valence-corrected chi connectivity index (χ1v) is 10.1. The van der Waals surface area contributed by atoms with Crippen molar-refractivity contribution in [1.82, 2.24) is 10.2 Å². The number of hydrogen-bond acceptors (Lipinski definition) is 3. The van der Waals surface area contributed by atoms with Crippen molar-refractivity contribution in [3.8, 4) is 0 Å². The summed E-state index contributed by atoms with van der Waals surface area (Å²) in [6.07, 6.45) is -3.06. The Bertz CT molecular complexity index is 1080. The maximum Gasteiger partial charge on any atom is 0.416 e. The molecule has 9 heteroatoms. The van der Waals surface area contributed by atoms with Crippen LogP contribution < -0.4 is 5.32 Å². The molecule has 2 amide bonds. The summed E-state index contributed by atoms with van der Waals surface area (Å²) < 4.78 is 54.2. The zero-order valence-corrected chi connectivity index (χ0v) is 16.8. The van der Waals surface area contributed by atoms with Gasteiger partial charge in [0.1, 0.15) is 5.82 Å². The van der Waals surface area contributed by atoms with Crippen molar-refractivity contribution in [3.05, 3.63) is 82.4 Å². The topological polar surface area (TPSA) is 69.6 Å². The van der Waals surface area contributed by atoms with Gasteiger partial charge in [0.2, 0.25) is 0 Å². The zero-order chi connectivity index (χ0) is 23.0. The molecule has 4 rings (SSSR count). The van der Waals surface area contributed by atoms with Crippen LogP contribution in [0.3, 0.4) is 0 Å². The summed E-state index contributed by atoms with van der Waals surface area (Å²) in [7, 11) is 0. The predicted molar refractivity (Wildman–Crippen MR) is 107 cm³/mol. The molecule has 2 aromatic rings. The smallest absolute Gasteiger partial charge is 0.416 e. The maximum atomic E-state index is 13.7. The molecule has 0 spiro atoms. The molecule has 168 valence electrons. The summed E-state index contributed by atoms with van der Waals surface area (Å²) in [6.45, 7) is 0.0921. The van der Waals surface area contributed by atoms with Crippen LogP contribution >= 0.6 is 0 Å². The van der Waals surface area contributed by atoms with E-state index in [0.717, 1.165) is 23.8 Å². The second-order valence-electron chi connectivity index (χ2n) is 7.96. The van der Waals surface area contributed by atoms with Crippen LogP contribution in [0.1, 0.15) is 35.6 Å². The van der Waals surface area contributed by atoms with Gasteiger partial charge in [0.05, 0.1) is 17.2 Å². The number of nitrogens with zero attached hydrogens (tertiary/aromatic N) is 1. The number of hydrogen-bond donors (Lipinski definition) is 2. The number of rotatable bonds is 6. The third-order valence-electron chi connectivity index (χ3n) is 5.63.